The molecule has 1 aromatic heterocycles. The van der Waals surface area contributed by atoms with Crippen LogP contribution in [0.5, 0.6) is 0 Å². The summed E-state index contributed by atoms with van der Waals surface area (Å²) in [5.41, 5.74) is 0.890. The second-order valence-electron chi connectivity index (χ2n) is 2.59. The molecule has 0 radical (unpaired) electrons. The van der Waals surface area contributed by atoms with Crippen LogP contribution in [0.4, 0.5) is 5.69 Å². The molecule has 0 aromatic carbocycles. The van der Waals surface area contributed by atoms with E-state index in [1.807, 2.05) is 0 Å². The average Bonchev–Trinajstić information content (AvgIpc) is 2.10. The lowest BCUT2D eigenvalue weighted by atomic mass is 10.3. The standard InChI is InChI=1S/C7H8Cl2N2O2S/c1-5-6(2-3-7(9)10-5)11-14(12,13)4-8/h2-3,11H,4H2,1H3. The van der Waals surface area contributed by atoms with Crippen molar-refractivity contribution in [3.8, 4) is 0 Å². The van der Waals surface area contributed by atoms with Gasteiger partial charge < -0.3 is 0 Å². The monoisotopic (exact) mass is 254 g/mol. The SMILES string of the molecule is Cc1nc(Cl)ccc1NS(=O)(=O)CCl. The number of sulfonamides is 1. The number of alkyl halides is 1. The summed E-state index contributed by atoms with van der Waals surface area (Å²) in [6.45, 7) is 1.65. The topological polar surface area (TPSA) is 59.1 Å². The van der Waals surface area contributed by atoms with E-state index in [-0.39, 0.29) is 0 Å². The van der Waals surface area contributed by atoms with Crippen LogP contribution in [0.15, 0.2) is 12.1 Å². The van der Waals surface area contributed by atoms with Crippen molar-refractivity contribution >= 4 is 38.9 Å². The van der Waals surface area contributed by atoms with Gasteiger partial charge in [-0.15, -0.1) is 11.6 Å². The van der Waals surface area contributed by atoms with Crippen molar-refractivity contribution in [1.29, 1.82) is 0 Å². The zero-order chi connectivity index (χ0) is 10.8. The molecule has 1 heterocycles. The van der Waals surface area contributed by atoms with Gasteiger partial charge in [0.05, 0.1) is 11.4 Å². The number of nitrogens with one attached hydrogen (secondary N) is 1. The molecule has 0 aliphatic rings. The van der Waals surface area contributed by atoms with Crippen LogP contribution < -0.4 is 4.72 Å². The molecule has 0 unspecified atom stereocenters. The quantitative estimate of drug-likeness (QED) is 0.663. The average molecular weight is 255 g/mol. The highest BCUT2D eigenvalue weighted by Gasteiger charge is 2.10. The van der Waals surface area contributed by atoms with Crippen molar-refractivity contribution in [2.24, 2.45) is 0 Å². The Morgan fingerprint density at radius 3 is 2.64 bits per heavy atom. The van der Waals surface area contributed by atoms with Gasteiger partial charge in [0.2, 0.25) is 10.0 Å². The fraction of sp³-hybridized carbons (Fsp3) is 0.286. The summed E-state index contributed by atoms with van der Waals surface area (Å²) in [5.74, 6) is 0. The molecule has 1 rings (SSSR count). The lowest BCUT2D eigenvalue weighted by Crippen LogP contribution is -2.14. The van der Waals surface area contributed by atoms with Crippen LogP contribution >= 0.6 is 23.2 Å². The fourth-order valence-corrected chi connectivity index (χ4v) is 1.79. The number of anilines is 1. The van der Waals surface area contributed by atoms with E-state index < -0.39 is 15.2 Å². The van der Waals surface area contributed by atoms with E-state index in [9.17, 15) is 8.42 Å². The molecule has 0 atom stereocenters. The van der Waals surface area contributed by atoms with Gasteiger partial charge in [-0.2, -0.15) is 0 Å². The summed E-state index contributed by atoms with van der Waals surface area (Å²) in [4.78, 5) is 3.89. The number of aryl methyl sites for hydroxylation is 1. The minimum absolute atomic E-state index is 0.316. The maximum Gasteiger partial charge on any atom is 0.246 e. The molecule has 0 bridgehead atoms. The summed E-state index contributed by atoms with van der Waals surface area (Å²) in [6.07, 6.45) is 0. The third-order valence-electron chi connectivity index (χ3n) is 1.46. The van der Waals surface area contributed by atoms with Gasteiger partial charge in [0.1, 0.15) is 10.4 Å². The molecule has 0 aliphatic carbocycles. The van der Waals surface area contributed by atoms with Crippen molar-refractivity contribution in [2.75, 3.05) is 9.93 Å². The number of hydrogen-bond donors (Lipinski definition) is 1. The predicted molar refractivity (Wildman–Crippen MR) is 57.2 cm³/mol. The van der Waals surface area contributed by atoms with Crippen LogP contribution in [0.1, 0.15) is 5.69 Å². The summed E-state index contributed by atoms with van der Waals surface area (Å²) in [7, 11) is -3.48. The van der Waals surface area contributed by atoms with E-state index in [1.165, 1.54) is 12.1 Å². The lowest BCUT2D eigenvalue weighted by Gasteiger charge is -2.07. The minimum atomic E-state index is -3.48. The molecular formula is C7H8Cl2N2O2S. The minimum Gasteiger partial charge on any atom is -0.281 e. The smallest absolute Gasteiger partial charge is 0.246 e. The van der Waals surface area contributed by atoms with Gasteiger partial charge in [-0.25, -0.2) is 13.4 Å². The Morgan fingerprint density at radius 1 is 1.50 bits per heavy atom. The van der Waals surface area contributed by atoms with Gasteiger partial charge in [-0.05, 0) is 19.1 Å². The molecule has 78 valence electrons. The summed E-state index contributed by atoms with van der Waals surface area (Å²) >= 11 is 10.8. The van der Waals surface area contributed by atoms with Crippen LogP contribution in [0.3, 0.4) is 0 Å². The van der Waals surface area contributed by atoms with E-state index in [0.717, 1.165) is 0 Å². The molecule has 0 fully saturated rings. The maximum atomic E-state index is 11.1. The van der Waals surface area contributed by atoms with Crippen LogP contribution in [0.2, 0.25) is 5.15 Å². The van der Waals surface area contributed by atoms with E-state index in [2.05, 4.69) is 9.71 Å². The highest BCUT2D eigenvalue weighted by molar-refractivity contribution is 7.93. The van der Waals surface area contributed by atoms with Crippen molar-refractivity contribution in [3.05, 3.63) is 23.0 Å². The lowest BCUT2D eigenvalue weighted by molar-refractivity contribution is 0.605. The van der Waals surface area contributed by atoms with Crippen molar-refractivity contribution < 1.29 is 8.42 Å². The van der Waals surface area contributed by atoms with Gasteiger partial charge in [0.25, 0.3) is 0 Å². The predicted octanol–water partition coefficient (Wildman–Crippen LogP) is 1.98. The van der Waals surface area contributed by atoms with Crippen molar-refractivity contribution in [2.45, 2.75) is 6.92 Å². The van der Waals surface area contributed by atoms with E-state index in [4.69, 9.17) is 23.2 Å². The van der Waals surface area contributed by atoms with Crippen LogP contribution in [-0.2, 0) is 10.0 Å². The number of halogens is 2. The normalized spacial score (nSPS) is 11.4. The molecule has 1 N–H and O–H groups in total. The Bertz CT molecular complexity index is 433. The molecular weight excluding hydrogens is 247 g/mol. The number of rotatable bonds is 3. The number of hydrogen-bond acceptors (Lipinski definition) is 3. The first kappa shape index (κ1) is 11.6. The first-order valence-corrected chi connectivity index (χ1v) is 6.21. The Hall–Kier alpha value is -0.520. The molecule has 0 saturated carbocycles. The Morgan fingerprint density at radius 2 is 2.14 bits per heavy atom. The highest BCUT2D eigenvalue weighted by Crippen LogP contribution is 2.17. The van der Waals surface area contributed by atoms with Crippen molar-refractivity contribution in [3.63, 3.8) is 0 Å². The van der Waals surface area contributed by atoms with E-state index >= 15 is 0 Å². The molecule has 0 saturated heterocycles. The Balaban J connectivity index is 2.99. The second kappa shape index (κ2) is 4.33. The zero-order valence-corrected chi connectivity index (χ0v) is 9.62. The summed E-state index contributed by atoms with van der Waals surface area (Å²) in [6, 6.07) is 3.04. The molecule has 0 amide bonds. The van der Waals surface area contributed by atoms with Gasteiger partial charge in [0.15, 0.2) is 0 Å². The summed E-state index contributed by atoms with van der Waals surface area (Å²) < 4.78 is 24.5. The van der Waals surface area contributed by atoms with Gasteiger partial charge in [-0.1, -0.05) is 11.6 Å². The maximum absolute atomic E-state index is 11.1. The third-order valence-corrected chi connectivity index (χ3v) is 3.35. The van der Waals surface area contributed by atoms with E-state index in [1.54, 1.807) is 6.92 Å². The molecule has 0 spiro atoms. The second-order valence-corrected chi connectivity index (χ2v) is 5.29. The van der Waals surface area contributed by atoms with Gasteiger partial charge in [-0.3, -0.25) is 4.72 Å². The summed E-state index contributed by atoms with van der Waals surface area (Å²) in [5, 5.41) is -0.175. The number of pyridine rings is 1. The van der Waals surface area contributed by atoms with Crippen LogP contribution in [0, 0.1) is 6.92 Å². The van der Waals surface area contributed by atoms with Crippen LogP contribution in [-0.4, -0.2) is 18.6 Å². The largest absolute Gasteiger partial charge is 0.281 e. The van der Waals surface area contributed by atoms with E-state index in [0.29, 0.717) is 16.5 Å². The molecule has 0 aliphatic heterocycles. The zero-order valence-electron chi connectivity index (χ0n) is 7.29. The highest BCUT2D eigenvalue weighted by atomic mass is 35.5. The van der Waals surface area contributed by atoms with Gasteiger partial charge >= 0.3 is 0 Å². The van der Waals surface area contributed by atoms with Gasteiger partial charge in [0, 0.05) is 0 Å². The number of aromatic nitrogens is 1. The Labute approximate surface area is 92.3 Å². The van der Waals surface area contributed by atoms with Crippen LogP contribution in [0.25, 0.3) is 0 Å². The molecule has 14 heavy (non-hydrogen) atoms. The first-order valence-electron chi connectivity index (χ1n) is 3.64. The Kier molecular flexibility index (Phi) is 3.58. The number of nitrogens with zero attached hydrogens (tertiary/aromatic N) is 1. The molecule has 1 aromatic rings. The molecule has 7 heteroatoms. The fourth-order valence-electron chi connectivity index (χ4n) is 0.833. The van der Waals surface area contributed by atoms with Crippen molar-refractivity contribution in [1.82, 2.24) is 4.98 Å². The molecule has 4 nitrogen and oxygen atoms in total. The third kappa shape index (κ3) is 3.01. The first-order chi connectivity index (χ1) is 6.44.